The average Bonchev–Trinajstić information content (AvgIpc) is 3.28. The number of rotatable bonds is 6. The summed E-state index contributed by atoms with van der Waals surface area (Å²) < 4.78 is 44.4. The molecule has 1 aliphatic carbocycles. The molecule has 0 unspecified atom stereocenters. The lowest BCUT2D eigenvalue weighted by atomic mass is 9.96. The Labute approximate surface area is 199 Å². The molecular formula is C26H21ClF3NO3. The summed E-state index contributed by atoms with van der Waals surface area (Å²) in [5.74, 6) is -0.479. The summed E-state index contributed by atoms with van der Waals surface area (Å²) in [7, 11) is 0. The van der Waals surface area contributed by atoms with Crippen molar-refractivity contribution in [1.82, 2.24) is 4.98 Å². The van der Waals surface area contributed by atoms with Gasteiger partial charge in [0.2, 0.25) is 0 Å². The Balaban J connectivity index is 1.66. The number of carboxylic acids is 1. The van der Waals surface area contributed by atoms with Crippen LogP contribution < -0.4 is 4.74 Å². The van der Waals surface area contributed by atoms with Gasteiger partial charge in [-0.25, -0.2) is 4.79 Å². The van der Waals surface area contributed by atoms with Crippen LogP contribution >= 0.6 is 11.6 Å². The molecule has 3 aromatic rings. The summed E-state index contributed by atoms with van der Waals surface area (Å²) in [6.45, 7) is 1.74. The molecule has 0 saturated heterocycles. The fraction of sp³-hybridized carbons (Fsp3) is 0.231. The van der Waals surface area contributed by atoms with Gasteiger partial charge < -0.3 is 9.84 Å². The molecule has 176 valence electrons. The van der Waals surface area contributed by atoms with Crippen LogP contribution in [0.2, 0.25) is 5.02 Å². The van der Waals surface area contributed by atoms with E-state index in [0.717, 1.165) is 53.7 Å². The number of aromatic carboxylic acids is 1. The molecule has 34 heavy (non-hydrogen) atoms. The van der Waals surface area contributed by atoms with Gasteiger partial charge in [-0.2, -0.15) is 13.2 Å². The number of halogens is 4. The zero-order valence-electron chi connectivity index (χ0n) is 18.2. The zero-order chi connectivity index (χ0) is 24.5. The third-order valence-corrected chi connectivity index (χ3v) is 6.06. The molecule has 0 radical (unpaired) electrons. The molecule has 0 bridgehead atoms. The summed E-state index contributed by atoms with van der Waals surface area (Å²) >= 11 is 6.28. The predicted molar refractivity (Wildman–Crippen MR) is 124 cm³/mol. The number of nitrogens with zero attached hydrogens (tertiary/aromatic N) is 1. The highest BCUT2D eigenvalue weighted by Gasteiger charge is 2.30. The van der Waals surface area contributed by atoms with Crippen LogP contribution in [-0.2, 0) is 12.8 Å². The molecule has 4 nitrogen and oxygen atoms in total. The summed E-state index contributed by atoms with van der Waals surface area (Å²) in [6, 6.07) is 11.7. The number of carbonyl (C=O) groups is 1. The molecule has 8 heteroatoms. The van der Waals surface area contributed by atoms with Gasteiger partial charge in [0.1, 0.15) is 12.4 Å². The molecule has 4 rings (SSSR count). The third-order valence-electron chi connectivity index (χ3n) is 5.83. The third kappa shape index (κ3) is 5.09. The summed E-state index contributed by atoms with van der Waals surface area (Å²) in [4.78, 5) is 15.8. The maximum absolute atomic E-state index is 12.8. The van der Waals surface area contributed by atoms with Crippen LogP contribution in [0.3, 0.4) is 0 Å². The second-order valence-electron chi connectivity index (χ2n) is 8.10. The smallest absolute Gasteiger partial charge is 0.416 e. The topological polar surface area (TPSA) is 59.4 Å². The van der Waals surface area contributed by atoms with Crippen molar-refractivity contribution in [3.05, 3.63) is 93.3 Å². The zero-order valence-corrected chi connectivity index (χ0v) is 19.0. The van der Waals surface area contributed by atoms with E-state index in [1.165, 1.54) is 12.1 Å². The number of ether oxygens (including phenoxy) is 1. The molecule has 1 aromatic heterocycles. The Hall–Kier alpha value is -3.32. The lowest BCUT2D eigenvalue weighted by molar-refractivity contribution is -0.137. The number of hydrogen-bond acceptors (Lipinski definition) is 3. The molecule has 1 heterocycles. The highest BCUT2D eigenvalue weighted by Crippen LogP contribution is 2.44. The first-order valence-corrected chi connectivity index (χ1v) is 11.0. The Morgan fingerprint density at radius 3 is 2.47 bits per heavy atom. The molecule has 0 amide bonds. The number of aromatic nitrogens is 1. The second kappa shape index (κ2) is 9.50. The van der Waals surface area contributed by atoms with E-state index in [2.05, 4.69) is 4.98 Å². The van der Waals surface area contributed by atoms with Crippen LogP contribution in [0.4, 0.5) is 13.2 Å². The highest BCUT2D eigenvalue weighted by atomic mass is 35.5. The van der Waals surface area contributed by atoms with Crippen molar-refractivity contribution >= 4 is 28.7 Å². The van der Waals surface area contributed by atoms with E-state index < -0.39 is 17.7 Å². The first kappa shape index (κ1) is 23.8. The van der Waals surface area contributed by atoms with Gasteiger partial charge in [0, 0.05) is 16.8 Å². The van der Waals surface area contributed by atoms with Gasteiger partial charge in [0.15, 0.2) is 0 Å². The number of pyridine rings is 1. The van der Waals surface area contributed by atoms with Crippen molar-refractivity contribution in [2.45, 2.75) is 39.0 Å². The summed E-state index contributed by atoms with van der Waals surface area (Å²) in [5.41, 5.74) is 3.98. The van der Waals surface area contributed by atoms with E-state index in [-0.39, 0.29) is 12.2 Å². The van der Waals surface area contributed by atoms with Crippen molar-refractivity contribution in [1.29, 1.82) is 0 Å². The van der Waals surface area contributed by atoms with Crippen LogP contribution in [0.5, 0.6) is 5.75 Å². The van der Waals surface area contributed by atoms with Gasteiger partial charge >= 0.3 is 12.1 Å². The number of benzene rings is 2. The lowest BCUT2D eigenvalue weighted by Crippen LogP contribution is -2.05. The van der Waals surface area contributed by atoms with Crippen LogP contribution in [0.15, 0.2) is 54.7 Å². The summed E-state index contributed by atoms with van der Waals surface area (Å²) in [5, 5.41) is 10.00. The van der Waals surface area contributed by atoms with Crippen molar-refractivity contribution in [2.24, 2.45) is 0 Å². The van der Waals surface area contributed by atoms with Crippen LogP contribution in [0, 0.1) is 6.92 Å². The SMILES string of the molecule is Cc1ncc(C2=C(c3cc(Cl)ccc3OCc3ccc(C(F)(F)F)cc3)CCC2)cc1C(=O)O. The van der Waals surface area contributed by atoms with Gasteiger partial charge in [-0.1, -0.05) is 23.7 Å². The molecule has 1 N–H and O–H groups in total. The Morgan fingerprint density at radius 1 is 1.09 bits per heavy atom. The molecule has 0 aliphatic heterocycles. The van der Waals surface area contributed by atoms with E-state index in [1.54, 1.807) is 37.4 Å². The number of hydrogen-bond donors (Lipinski definition) is 1. The molecule has 1 aliphatic rings. The normalized spacial score (nSPS) is 13.9. The van der Waals surface area contributed by atoms with E-state index >= 15 is 0 Å². The van der Waals surface area contributed by atoms with Crippen LogP contribution in [-0.4, -0.2) is 16.1 Å². The largest absolute Gasteiger partial charge is 0.488 e. The van der Waals surface area contributed by atoms with E-state index in [9.17, 15) is 23.1 Å². The molecule has 0 spiro atoms. The summed E-state index contributed by atoms with van der Waals surface area (Å²) in [6.07, 6.45) is -0.326. The molecule has 2 aromatic carbocycles. The molecular weight excluding hydrogens is 467 g/mol. The first-order chi connectivity index (χ1) is 16.1. The first-order valence-electron chi connectivity index (χ1n) is 10.6. The van der Waals surface area contributed by atoms with Gasteiger partial charge in [-0.05, 0) is 84.9 Å². The van der Waals surface area contributed by atoms with Crippen molar-refractivity contribution in [3.63, 3.8) is 0 Å². The monoisotopic (exact) mass is 487 g/mol. The van der Waals surface area contributed by atoms with Crippen molar-refractivity contribution in [3.8, 4) is 5.75 Å². The fourth-order valence-corrected chi connectivity index (χ4v) is 4.26. The van der Waals surface area contributed by atoms with E-state index in [4.69, 9.17) is 16.3 Å². The Bertz CT molecular complexity index is 1270. The minimum absolute atomic E-state index is 0.0879. The molecule has 0 fully saturated rings. The lowest BCUT2D eigenvalue weighted by Gasteiger charge is -2.16. The molecule has 0 atom stereocenters. The van der Waals surface area contributed by atoms with Gasteiger partial charge in [0.25, 0.3) is 0 Å². The van der Waals surface area contributed by atoms with Gasteiger partial charge in [-0.15, -0.1) is 0 Å². The fourth-order valence-electron chi connectivity index (χ4n) is 4.09. The van der Waals surface area contributed by atoms with Gasteiger partial charge in [-0.3, -0.25) is 4.98 Å². The average molecular weight is 488 g/mol. The van der Waals surface area contributed by atoms with E-state index in [0.29, 0.717) is 22.0 Å². The second-order valence-corrected chi connectivity index (χ2v) is 8.53. The maximum Gasteiger partial charge on any atom is 0.416 e. The number of alkyl halides is 3. The van der Waals surface area contributed by atoms with Crippen molar-refractivity contribution in [2.75, 3.05) is 0 Å². The Morgan fingerprint density at radius 2 is 1.79 bits per heavy atom. The maximum atomic E-state index is 12.8. The van der Waals surface area contributed by atoms with Crippen LogP contribution in [0.1, 0.15) is 57.6 Å². The van der Waals surface area contributed by atoms with Crippen molar-refractivity contribution < 1.29 is 27.8 Å². The standard InChI is InChI=1S/C26H21ClF3NO3/c1-15-22(25(32)33)11-17(13-31-15)20-3-2-4-21(20)23-12-19(27)9-10-24(23)34-14-16-5-7-18(8-6-16)26(28,29)30/h5-13H,2-4,14H2,1H3,(H,32,33). The Kier molecular flexibility index (Phi) is 6.66. The minimum Gasteiger partial charge on any atom is -0.488 e. The van der Waals surface area contributed by atoms with Crippen LogP contribution in [0.25, 0.3) is 11.1 Å². The van der Waals surface area contributed by atoms with E-state index in [1.807, 2.05) is 0 Å². The minimum atomic E-state index is -4.39. The quantitative estimate of drug-likeness (QED) is 0.392. The number of allylic oxidation sites excluding steroid dienone is 2. The number of aryl methyl sites for hydroxylation is 1. The van der Waals surface area contributed by atoms with Gasteiger partial charge in [0.05, 0.1) is 16.8 Å². The predicted octanol–water partition coefficient (Wildman–Crippen LogP) is 7.43. The molecule has 0 saturated carbocycles. The number of carboxylic acid groups (broad SMARTS) is 1. The highest BCUT2D eigenvalue weighted by molar-refractivity contribution is 6.30.